The number of para-hydroxylation sites is 1. The van der Waals surface area contributed by atoms with E-state index in [2.05, 4.69) is 21.4 Å². The number of aryl methyl sites for hydroxylation is 1. The SMILES string of the molecule is Cc1nc(SCC(=O)NCCc2c[nH]c3ccccc23)c(C(N)=O)c(C)c1C. The maximum Gasteiger partial charge on any atom is 0.251 e. The number of benzene rings is 1. The first kappa shape index (κ1) is 19.9. The Morgan fingerprint density at radius 2 is 1.93 bits per heavy atom. The van der Waals surface area contributed by atoms with Gasteiger partial charge in [-0.1, -0.05) is 30.0 Å². The van der Waals surface area contributed by atoms with Crippen molar-refractivity contribution in [2.24, 2.45) is 5.73 Å². The number of carbonyl (C=O) groups is 2. The Bertz CT molecular complexity index is 1040. The molecule has 0 bridgehead atoms. The van der Waals surface area contributed by atoms with Crippen LogP contribution in [0.25, 0.3) is 10.9 Å². The second kappa shape index (κ2) is 8.48. The van der Waals surface area contributed by atoms with Crippen molar-refractivity contribution in [2.45, 2.75) is 32.2 Å². The lowest BCUT2D eigenvalue weighted by molar-refractivity contribution is -0.118. The van der Waals surface area contributed by atoms with Gasteiger partial charge < -0.3 is 16.0 Å². The van der Waals surface area contributed by atoms with Crippen LogP contribution in [0.1, 0.15) is 32.7 Å². The van der Waals surface area contributed by atoms with Gasteiger partial charge in [-0.15, -0.1) is 0 Å². The van der Waals surface area contributed by atoms with Gasteiger partial charge in [-0.2, -0.15) is 0 Å². The summed E-state index contributed by atoms with van der Waals surface area (Å²) in [5.41, 5.74) is 10.8. The molecule has 0 atom stereocenters. The van der Waals surface area contributed by atoms with E-state index < -0.39 is 5.91 Å². The average Bonchev–Trinajstić information content (AvgIpc) is 3.07. The molecule has 4 N–H and O–H groups in total. The summed E-state index contributed by atoms with van der Waals surface area (Å²) in [4.78, 5) is 31.8. The Morgan fingerprint density at radius 1 is 1.18 bits per heavy atom. The average molecular weight is 397 g/mol. The summed E-state index contributed by atoms with van der Waals surface area (Å²) >= 11 is 1.24. The third-order valence-corrected chi connectivity index (χ3v) is 5.92. The lowest BCUT2D eigenvalue weighted by Crippen LogP contribution is -2.27. The number of carbonyl (C=O) groups excluding carboxylic acids is 2. The Kier molecular flexibility index (Phi) is 6.04. The monoisotopic (exact) mass is 396 g/mol. The first-order valence-corrected chi connectivity index (χ1v) is 10.1. The number of H-pyrrole nitrogens is 1. The van der Waals surface area contributed by atoms with Crippen molar-refractivity contribution >= 4 is 34.5 Å². The van der Waals surface area contributed by atoms with E-state index in [-0.39, 0.29) is 11.7 Å². The van der Waals surface area contributed by atoms with Crippen LogP contribution in [0.4, 0.5) is 0 Å². The summed E-state index contributed by atoms with van der Waals surface area (Å²) in [5, 5.41) is 4.61. The van der Waals surface area contributed by atoms with Crippen LogP contribution < -0.4 is 11.1 Å². The summed E-state index contributed by atoms with van der Waals surface area (Å²) < 4.78 is 0. The van der Waals surface area contributed by atoms with Crippen molar-refractivity contribution in [1.29, 1.82) is 0 Å². The summed E-state index contributed by atoms with van der Waals surface area (Å²) in [6.45, 7) is 6.20. The molecule has 146 valence electrons. The van der Waals surface area contributed by atoms with Gasteiger partial charge in [0.15, 0.2) is 0 Å². The highest BCUT2D eigenvalue weighted by Gasteiger charge is 2.18. The summed E-state index contributed by atoms with van der Waals surface area (Å²) in [5.74, 6) is -0.434. The lowest BCUT2D eigenvalue weighted by atomic mass is 10.0. The molecule has 0 fully saturated rings. The number of pyridine rings is 1. The molecule has 0 unspecified atom stereocenters. The van der Waals surface area contributed by atoms with E-state index >= 15 is 0 Å². The molecule has 0 radical (unpaired) electrons. The van der Waals surface area contributed by atoms with E-state index in [1.807, 2.05) is 45.2 Å². The molecule has 2 aromatic heterocycles. The Morgan fingerprint density at radius 3 is 2.68 bits per heavy atom. The van der Waals surface area contributed by atoms with Crippen LogP contribution in [0.3, 0.4) is 0 Å². The van der Waals surface area contributed by atoms with E-state index in [0.717, 1.165) is 28.8 Å². The van der Waals surface area contributed by atoms with Gasteiger partial charge in [-0.3, -0.25) is 9.59 Å². The van der Waals surface area contributed by atoms with Gasteiger partial charge in [0.25, 0.3) is 5.91 Å². The zero-order valence-corrected chi connectivity index (χ0v) is 17.1. The molecule has 1 aromatic carbocycles. The van der Waals surface area contributed by atoms with E-state index in [1.54, 1.807) is 0 Å². The van der Waals surface area contributed by atoms with E-state index in [0.29, 0.717) is 17.1 Å². The molecule has 7 heteroatoms. The van der Waals surface area contributed by atoms with Gasteiger partial charge in [-0.25, -0.2) is 4.98 Å². The molecule has 0 aliphatic carbocycles. The fourth-order valence-electron chi connectivity index (χ4n) is 3.17. The minimum Gasteiger partial charge on any atom is -0.366 e. The minimum absolute atomic E-state index is 0.0991. The van der Waals surface area contributed by atoms with Crippen LogP contribution in [-0.2, 0) is 11.2 Å². The highest BCUT2D eigenvalue weighted by Crippen LogP contribution is 2.26. The second-order valence-corrected chi connectivity index (χ2v) is 7.70. The largest absolute Gasteiger partial charge is 0.366 e. The minimum atomic E-state index is -0.518. The third-order valence-electron chi connectivity index (χ3n) is 4.94. The molecule has 28 heavy (non-hydrogen) atoms. The molecule has 2 heterocycles. The number of nitrogens with one attached hydrogen (secondary N) is 2. The molecule has 3 rings (SSSR count). The first-order chi connectivity index (χ1) is 13.4. The van der Waals surface area contributed by atoms with Crippen molar-refractivity contribution in [1.82, 2.24) is 15.3 Å². The van der Waals surface area contributed by atoms with Crippen molar-refractivity contribution in [3.05, 3.63) is 58.4 Å². The molecule has 0 saturated carbocycles. The number of primary amides is 1. The van der Waals surface area contributed by atoms with Crippen molar-refractivity contribution in [2.75, 3.05) is 12.3 Å². The van der Waals surface area contributed by atoms with Crippen molar-refractivity contribution < 1.29 is 9.59 Å². The number of amides is 2. The molecular formula is C21H24N4O2S. The summed E-state index contributed by atoms with van der Waals surface area (Å²) in [7, 11) is 0. The Balaban J connectivity index is 1.58. The van der Waals surface area contributed by atoms with Gasteiger partial charge in [0.05, 0.1) is 11.3 Å². The summed E-state index contributed by atoms with van der Waals surface area (Å²) in [6.07, 6.45) is 2.72. The predicted molar refractivity (Wildman–Crippen MR) is 113 cm³/mol. The molecule has 2 amide bonds. The fraction of sp³-hybridized carbons (Fsp3) is 0.286. The maximum atomic E-state index is 12.2. The van der Waals surface area contributed by atoms with Gasteiger partial charge in [0.1, 0.15) is 5.03 Å². The standard InChI is InChI=1S/C21H24N4O2S/c1-12-13(2)19(20(22)27)21(25-14(12)3)28-11-18(26)23-9-8-15-10-24-17-7-5-4-6-16(15)17/h4-7,10,24H,8-9,11H2,1-3H3,(H2,22,27)(H,23,26). The molecule has 0 aliphatic heterocycles. The highest BCUT2D eigenvalue weighted by molar-refractivity contribution is 8.00. The van der Waals surface area contributed by atoms with Gasteiger partial charge >= 0.3 is 0 Å². The zero-order valence-electron chi connectivity index (χ0n) is 16.3. The van der Waals surface area contributed by atoms with E-state index in [1.165, 1.54) is 22.7 Å². The number of nitrogens with zero attached hydrogens (tertiary/aromatic N) is 1. The molecule has 6 nitrogen and oxygen atoms in total. The normalized spacial score (nSPS) is 11.0. The third kappa shape index (κ3) is 4.20. The van der Waals surface area contributed by atoms with Gasteiger partial charge in [0, 0.05) is 29.3 Å². The number of aromatic amines is 1. The molecule has 0 spiro atoms. The van der Waals surface area contributed by atoms with Crippen LogP contribution in [0.15, 0.2) is 35.5 Å². The number of aromatic nitrogens is 2. The molecule has 0 saturated heterocycles. The second-order valence-electron chi connectivity index (χ2n) is 6.74. The number of nitrogens with two attached hydrogens (primary N) is 1. The van der Waals surface area contributed by atoms with Crippen LogP contribution in [0.2, 0.25) is 0 Å². The lowest BCUT2D eigenvalue weighted by Gasteiger charge is -2.13. The molecule has 0 aliphatic rings. The number of fused-ring (bicyclic) bond motifs is 1. The van der Waals surface area contributed by atoms with Crippen molar-refractivity contribution in [3.63, 3.8) is 0 Å². The smallest absolute Gasteiger partial charge is 0.251 e. The Hall–Kier alpha value is -2.80. The van der Waals surface area contributed by atoms with Crippen LogP contribution >= 0.6 is 11.8 Å². The van der Waals surface area contributed by atoms with Crippen LogP contribution in [0.5, 0.6) is 0 Å². The molecular weight excluding hydrogens is 372 g/mol. The highest BCUT2D eigenvalue weighted by atomic mass is 32.2. The van der Waals surface area contributed by atoms with Crippen LogP contribution in [0, 0.1) is 20.8 Å². The summed E-state index contributed by atoms with van der Waals surface area (Å²) in [6, 6.07) is 8.09. The Labute approximate surface area is 168 Å². The number of rotatable bonds is 7. The number of hydrogen-bond donors (Lipinski definition) is 3. The number of thioether (sulfide) groups is 1. The topological polar surface area (TPSA) is 101 Å². The van der Waals surface area contributed by atoms with E-state index in [4.69, 9.17) is 5.73 Å². The maximum absolute atomic E-state index is 12.2. The van der Waals surface area contributed by atoms with Gasteiger partial charge in [0.2, 0.25) is 5.91 Å². The molecule has 3 aromatic rings. The number of hydrogen-bond acceptors (Lipinski definition) is 4. The van der Waals surface area contributed by atoms with Gasteiger partial charge in [-0.05, 0) is 49.9 Å². The van der Waals surface area contributed by atoms with Crippen LogP contribution in [-0.4, -0.2) is 34.1 Å². The van der Waals surface area contributed by atoms with E-state index in [9.17, 15) is 9.59 Å². The quantitative estimate of drug-likeness (QED) is 0.534. The zero-order chi connectivity index (χ0) is 20.3. The van der Waals surface area contributed by atoms with Crippen molar-refractivity contribution in [3.8, 4) is 0 Å². The predicted octanol–water partition coefficient (Wildman–Crippen LogP) is 3.04. The fourth-order valence-corrected chi connectivity index (χ4v) is 4.14. The first-order valence-electron chi connectivity index (χ1n) is 9.10.